The summed E-state index contributed by atoms with van der Waals surface area (Å²) in [7, 11) is 8.37. The molecule has 2 nitrogen and oxygen atoms in total. The summed E-state index contributed by atoms with van der Waals surface area (Å²) < 4.78 is 0. The van der Waals surface area contributed by atoms with E-state index in [-0.39, 0.29) is 0 Å². The van der Waals surface area contributed by atoms with E-state index in [2.05, 4.69) is 129 Å². The third-order valence-electron chi connectivity index (χ3n) is 5.48. The molecule has 0 fully saturated rings. The number of nitrogens with zero attached hydrogens (tertiary/aromatic N) is 2. The summed E-state index contributed by atoms with van der Waals surface area (Å²) in [6, 6.07) is 31.9. The van der Waals surface area contributed by atoms with Crippen LogP contribution in [0.3, 0.4) is 0 Å². The van der Waals surface area contributed by atoms with E-state index in [1.54, 1.807) is 0 Å². The summed E-state index contributed by atoms with van der Waals surface area (Å²) in [5, 5.41) is 0. The van der Waals surface area contributed by atoms with Gasteiger partial charge in [-0.05, 0) is 22.3 Å². The Hall–Kier alpha value is -3.17. The predicted octanol–water partition coefficient (Wildman–Crippen LogP) is 6.29. The average molecular weight is 425 g/mol. The maximum absolute atomic E-state index is 5.17. The van der Waals surface area contributed by atoms with Crippen LogP contribution >= 0.6 is 12.6 Å². The van der Waals surface area contributed by atoms with Crippen LogP contribution in [0.4, 0.5) is 0 Å². The van der Waals surface area contributed by atoms with E-state index >= 15 is 0 Å². The topological polar surface area (TPSA) is 6.48 Å². The molecule has 0 saturated carbocycles. The number of hydrogen-bond donors (Lipinski definition) is 1. The largest absolute Gasteiger partial charge is 0.364 e. The minimum Gasteiger partial charge on any atom is -0.364 e. The lowest BCUT2D eigenvalue weighted by Crippen LogP contribution is -2.26. The molecular formula is C28H28N2S. The van der Waals surface area contributed by atoms with Gasteiger partial charge in [0.2, 0.25) is 0 Å². The summed E-state index contributed by atoms with van der Waals surface area (Å²) in [5.74, 6) is 1.13. The van der Waals surface area contributed by atoms with E-state index in [1.165, 1.54) is 33.4 Å². The SMILES string of the molecule is CN(C)C(=C1C(S)=C(c2ccccc2)C(c2ccccc2)=C1c1ccccc1)N(C)C. The van der Waals surface area contributed by atoms with Crippen molar-refractivity contribution in [2.24, 2.45) is 0 Å². The fraction of sp³-hybridized carbons (Fsp3) is 0.143. The van der Waals surface area contributed by atoms with Crippen LogP contribution in [-0.4, -0.2) is 38.0 Å². The van der Waals surface area contributed by atoms with Gasteiger partial charge >= 0.3 is 0 Å². The van der Waals surface area contributed by atoms with Crippen molar-refractivity contribution in [1.29, 1.82) is 0 Å². The summed E-state index contributed by atoms with van der Waals surface area (Å²) >= 11 is 5.17. The zero-order valence-electron chi connectivity index (χ0n) is 18.5. The Morgan fingerprint density at radius 2 is 0.871 bits per heavy atom. The van der Waals surface area contributed by atoms with Crippen LogP contribution in [0.15, 0.2) is 107 Å². The number of hydrogen-bond acceptors (Lipinski definition) is 3. The molecule has 0 heterocycles. The van der Waals surface area contributed by atoms with Crippen LogP contribution in [-0.2, 0) is 0 Å². The smallest absolute Gasteiger partial charge is 0.112 e. The summed E-state index contributed by atoms with van der Waals surface area (Å²) in [5.41, 5.74) is 8.32. The monoisotopic (exact) mass is 424 g/mol. The molecule has 3 heteroatoms. The van der Waals surface area contributed by atoms with Crippen molar-refractivity contribution in [2.45, 2.75) is 0 Å². The van der Waals surface area contributed by atoms with E-state index in [0.29, 0.717) is 0 Å². The van der Waals surface area contributed by atoms with Gasteiger partial charge in [0.1, 0.15) is 5.82 Å². The van der Waals surface area contributed by atoms with E-state index in [0.717, 1.165) is 16.3 Å². The van der Waals surface area contributed by atoms with Gasteiger partial charge in [0.15, 0.2) is 0 Å². The van der Waals surface area contributed by atoms with Crippen LogP contribution in [0.25, 0.3) is 16.7 Å². The molecule has 0 amide bonds. The second-order valence-corrected chi connectivity index (χ2v) is 8.51. The normalized spacial score (nSPS) is 13.6. The van der Waals surface area contributed by atoms with Gasteiger partial charge in [0, 0.05) is 49.8 Å². The van der Waals surface area contributed by atoms with Crippen LogP contribution in [0.1, 0.15) is 16.7 Å². The van der Waals surface area contributed by atoms with Crippen LogP contribution in [0.2, 0.25) is 0 Å². The first-order chi connectivity index (χ1) is 15.0. The average Bonchev–Trinajstić information content (AvgIpc) is 3.08. The maximum Gasteiger partial charge on any atom is 0.112 e. The molecule has 0 aromatic heterocycles. The third-order valence-corrected chi connectivity index (χ3v) is 5.93. The molecule has 0 spiro atoms. The van der Waals surface area contributed by atoms with E-state index in [4.69, 9.17) is 12.6 Å². The Bertz CT molecular complexity index is 1150. The van der Waals surface area contributed by atoms with E-state index in [9.17, 15) is 0 Å². The second-order valence-electron chi connectivity index (χ2n) is 8.06. The van der Waals surface area contributed by atoms with Crippen molar-refractivity contribution >= 4 is 29.3 Å². The zero-order chi connectivity index (χ0) is 22.0. The Kier molecular flexibility index (Phi) is 6.06. The molecule has 0 atom stereocenters. The van der Waals surface area contributed by atoms with Gasteiger partial charge in [-0.2, -0.15) is 0 Å². The summed E-state index contributed by atoms with van der Waals surface area (Å²) in [4.78, 5) is 5.34. The molecule has 1 aliphatic rings. The Labute approximate surface area is 191 Å². The number of benzene rings is 3. The van der Waals surface area contributed by atoms with Crippen molar-refractivity contribution in [3.63, 3.8) is 0 Å². The van der Waals surface area contributed by atoms with Crippen LogP contribution in [0.5, 0.6) is 0 Å². The highest BCUT2D eigenvalue weighted by Gasteiger charge is 2.33. The zero-order valence-corrected chi connectivity index (χ0v) is 19.4. The molecule has 31 heavy (non-hydrogen) atoms. The number of rotatable bonds is 5. The standard InChI is InChI=1S/C28H28N2S/c1-29(2)28(30(3)4)26-24(21-16-10-6-11-17-21)23(20-14-8-5-9-15-20)25(27(26)31)22-18-12-7-13-19-22/h5-19,31H,1-4H3. The Morgan fingerprint density at radius 3 is 1.26 bits per heavy atom. The molecule has 4 rings (SSSR count). The highest BCUT2D eigenvalue weighted by molar-refractivity contribution is 7.85. The van der Waals surface area contributed by atoms with Crippen molar-refractivity contribution < 1.29 is 0 Å². The minimum absolute atomic E-state index is 1.00. The van der Waals surface area contributed by atoms with Crippen molar-refractivity contribution in [2.75, 3.05) is 28.2 Å². The maximum atomic E-state index is 5.17. The molecule has 0 aliphatic heterocycles. The molecule has 0 N–H and O–H groups in total. The molecule has 3 aromatic rings. The summed E-state index contributed by atoms with van der Waals surface area (Å²) in [6.07, 6.45) is 0. The summed E-state index contributed by atoms with van der Waals surface area (Å²) in [6.45, 7) is 0. The highest BCUT2D eigenvalue weighted by atomic mass is 32.1. The Balaban J connectivity index is 2.18. The highest BCUT2D eigenvalue weighted by Crippen LogP contribution is 2.53. The lowest BCUT2D eigenvalue weighted by atomic mass is 9.89. The van der Waals surface area contributed by atoms with Gasteiger partial charge in [-0.15, -0.1) is 12.6 Å². The molecule has 1 aliphatic carbocycles. The predicted molar refractivity (Wildman–Crippen MR) is 136 cm³/mol. The first kappa shape index (κ1) is 21.1. The van der Waals surface area contributed by atoms with Gasteiger partial charge in [0.25, 0.3) is 0 Å². The molecular weight excluding hydrogens is 396 g/mol. The molecule has 0 bridgehead atoms. The molecule has 0 unspecified atom stereocenters. The Morgan fingerprint density at radius 1 is 0.516 bits per heavy atom. The quantitative estimate of drug-likeness (QED) is 0.481. The van der Waals surface area contributed by atoms with Gasteiger partial charge < -0.3 is 9.80 Å². The van der Waals surface area contributed by atoms with E-state index < -0.39 is 0 Å². The molecule has 156 valence electrons. The van der Waals surface area contributed by atoms with Crippen molar-refractivity contribution in [3.05, 3.63) is 124 Å². The van der Waals surface area contributed by atoms with Crippen molar-refractivity contribution in [3.8, 4) is 0 Å². The fourth-order valence-electron chi connectivity index (χ4n) is 4.35. The van der Waals surface area contributed by atoms with Gasteiger partial charge in [0.05, 0.1) is 0 Å². The first-order valence-corrected chi connectivity index (χ1v) is 10.9. The molecule has 0 radical (unpaired) electrons. The fourth-order valence-corrected chi connectivity index (χ4v) is 4.80. The lowest BCUT2D eigenvalue weighted by molar-refractivity contribution is 0.340. The van der Waals surface area contributed by atoms with Gasteiger partial charge in [-0.25, -0.2) is 0 Å². The van der Waals surface area contributed by atoms with Gasteiger partial charge in [-0.3, -0.25) is 0 Å². The molecule has 0 saturated heterocycles. The second kappa shape index (κ2) is 8.91. The third kappa shape index (κ3) is 3.94. The number of allylic oxidation sites excluding steroid dienone is 4. The number of thiol groups is 1. The van der Waals surface area contributed by atoms with Crippen LogP contribution < -0.4 is 0 Å². The van der Waals surface area contributed by atoms with Crippen LogP contribution in [0, 0.1) is 0 Å². The minimum atomic E-state index is 1.00. The lowest BCUT2D eigenvalue weighted by Gasteiger charge is -2.28. The van der Waals surface area contributed by atoms with Gasteiger partial charge in [-0.1, -0.05) is 91.0 Å². The van der Waals surface area contributed by atoms with E-state index in [1.807, 2.05) is 0 Å². The molecule has 3 aromatic carbocycles. The first-order valence-electron chi connectivity index (χ1n) is 10.4. The van der Waals surface area contributed by atoms with Crippen molar-refractivity contribution in [1.82, 2.24) is 9.80 Å².